The van der Waals surface area contributed by atoms with Gasteiger partial charge < -0.3 is 10.4 Å². The van der Waals surface area contributed by atoms with Crippen LogP contribution in [0.15, 0.2) is 40.9 Å². The lowest BCUT2D eigenvalue weighted by atomic mass is 10.2. The van der Waals surface area contributed by atoms with Crippen LogP contribution in [0.25, 0.3) is 0 Å². The molecule has 2 aromatic rings. The van der Waals surface area contributed by atoms with Crippen molar-refractivity contribution in [3.05, 3.63) is 51.5 Å². The van der Waals surface area contributed by atoms with Gasteiger partial charge in [0.05, 0.1) is 11.3 Å². The summed E-state index contributed by atoms with van der Waals surface area (Å²) in [5.41, 5.74) is -0.380. The van der Waals surface area contributed by atoms with Gasteiger partial charge in [-0.3, -0.25) is 0 Å². The molecule has 0 unspecified atom stereocenters. The normalized spacial score (nSPS) is 11.4. The Morgan fingerprint density at radius 3 is 2.45 bits per heavy atom. The number of rotatable bonds is 2. The Kier molecular flexibility index (Phi) is 4.15. The Balaban J connectivity index is 2.37. The lowest BCUT2D eigenvalue weighted by Gasteiger charge is -2.13. The monoisotopic (exact) mass is 365 g/mol. The third kappa shape index (κ3) is 3.37. The highest BCUT2D eigenvalue weighted by Crippen LogP contribution is 2.37. The van der Waals surface area contributed by atoms with Crippen molar-refractivity contribution >= 4 is 38.9 Å². The summed E-state index contributed by atoms with van der Waals surface area (Å²) < 4.78 is 38.3. The van der Waals surface area contributed by atoms with Crippen molar-refractivity contribution < 1.29 is 18.3 Å². The van der Waals surface area contributed by atoms with Crippen LogP contribution in [0.5, 0.6) is 5.75 Å². The molecule has 2 aromatic carbocycles. The van der Waals surface area contributed by atoms with Crippen molar-refractivity contribution in [2.45, 2.75) is 6.18 Å². The Labute approximate surface area is 126 Å². The second kappa shape index (κ2) is 5.54. The number of nitrogens with one attached hydrogen (secondary N) is 1. The molecule has 0 fully saturated rings. The molecule has 0 aromatic heterocycles. The zero-order chi connectivity index (χ0) is 14.9. The number of anilines is 2. The third-order valence-electron chi connectivity index (χ3n) is 2.51. The first-order chi connectivity index (χ1) is 9.27. The molecule has 0 heterocycles. The lowest BCUT2D eigenvalue weighted by molar-refractivity contribution is -0.138. The molecule has 2 rings (SSSR count). The van der Waals surface area contributed by atoms with Gasteiger partial charge in [-0.1, -0.05) is 27.5 Å². The van der Waals surface area contributed by atoms with Gasteiger partial charge in [0.1, 0.15) is 5.75 Å². The minimum Gasteiger partial charge on any atom is -0.506 e. The van der Waals surface area contributed by atoms with Gasteiger partial charge >= 0.3 is 6.18 Å². The lowest BCUT2D eigenvalue weighted by Crippen LogP contribution is -2.06. The first-order valence-corrected chi connectivity index (χ1v) is 6.57. The highest BCUT2D eigenvalue weighted by molar-refractivity contribution is 9.10. The average Bonchev–Trinajstić information content (AvgIpc) is 2.35. The van der Waals surface area contributed by atoms with Crippen LogP contribution in [0.2, 0.25) is 5.02 Å². The second-order valence-electron chi connectivity index (χ2n) is 3.98. The summed E-state index contributed by atoms with van der Waals surface area (Å²) in [4.78, 5) is 0. The van der Waals surface area contributed by atoms with Crippen LogP contribution < -0.4 is 5.32 Å². The maximum absolute atomic E-state index is 12.8. The minimum atomic E-state index is -4.47. The summed E-state index contributed by atoms with van der Waals surface area (Å²) in [5, 5.41) is 12.7. The molecule has 0 aliphatic carbocycles. The van der Waals surface area contributed by atoms with Crippen LogP contribution in [-0.4, -0.2) is 5.11 Å². The zero-order valence-electron chi connectivity index (χ0n) is 9.80. The van der Waals surface area contributed by atoms with E-state index >= 15 is 0 Å². The van der Waals surface area contributed by atoms with Crippen molar-refractivity contribution in [3.63, 3.8) is 0 Å². The molecule has 0 amide bonds. The quantitative estimate of drug-likeness (QED) is 0.681. The fraction of sp³-hybridized carbons (Fsp3) is 0.0769. The van der Waals surface area contributed by atoms with Gasteiger partial charge in [0.15, 0.2) is 0 Å². The van der Waals surface area contributed by atoms with Gasteiger partial charge in [0.2, 0.25) is 0 Å². The molecule has 2 N–H and O–H groups in total. The van der Waals surface area contributed by atoms with E-state index in [-0.39, 0.29) is 21.6 Å². The molecule has 0 saturated carbocycles. The van der Waals surface area contributed by atoms with E-state index in [0.717, 1.165) is 6.07 Å². The van der Waals surface area contributed by atoms with Gasteiger partial charge in [-0.15, -0.1) is 0 Å². The topological polar surface area (TPSA) is 32.3 Å². The molecule has 2 nitrogen and oxygen atoms in total. The number of alkyl halides is 3. The van der Waals surface area contributed by atoms with Gasteiger partial charge in [0.25, 0.3) is 0 Å². The van der Waals surface area contributed by atoms with E-state index in [1.165, 1.54) is 30.3 Å². The van der Waals surface area contributed by atoms with E-state index in [0.29, 0.717) is 5.02 Å². The maximum atomic E-state index is 12.8. The summed E-state index contributed by atoms with van der Waals surface area (Å²) in [6, 6.07) is 7.95. The van der Waals surface area contributed by atoms with E-state index in [9.17, 15) is 18.3 Å². The summed E-state index contributed by atoms with van der Waals surface area (Å²) in [6.07, 6.45) is -4.47. The van der Waals surface area contributed by atoms with Crippen molar-refractivity contribution in [3.8, 4) is 5.75 Å². The number of phenols is 1. The first kappa shape index (κ1) is 15.0. The van der Waals surface area contributed by atoms with E-state index in [1.54, 1.807) is 0 Å². The van der Waals surface area contributed by atoms with Crippen LogP contribution in [-0.2, 0) is 6.18 Å². The Hall–Kier alpha value is -1.40. The highest BCUT2D eigenvalue weighted by Gasteiger charge is 2.33. The van der Waals surface area contributed by atoms with Gasteiger partial charge in [-0.2, -0.15) is 13.2 Å². The molecule has 0 bridgehead atoms. The SMILES string of the molecule is Oc1ccc(Cl)cc1Nc1ccc(Br)c(C(F)(F)F)c1. The van der Waals surface area contributed by atoms with Crippen LogP contribution in [0.4, 0.5) is 24.5 Å². The summed E-state index contributed by atoms with van der Waals surface area (Å²) in [5.74, 6) is -0.106. The Morgan fingerprint density at radius 1 is 1.10 bits per heavy atom. The molecule has 0 radical (unpaired) electrons. The highest BCUT2D eigenvalue weighted by atomic mass is 79.9. The van der Waals surface area contributed by atoms with Gasteiger partial charge in [-0.25, -0.2) is 0 Å². The predicted octanol–water partition coefficient (Wildman–Crippen LogP) is 5.57. The van der Waals surface area contributed by atoms with E-state index in [2.05, 4.69) is 21.2 Å². The first-order valence-electron chi connectivity index (χ1n) is 5.39. The maximum Gasteiger partial charge on any atom is 0.417 e. The number of benzene rings is 2. The number of hydrogen-bond donors (Lipinski definition) is 2. The fourth-order valence-corrected chi connectivity index (χ4v) is 2.23. The number of phenolic OH excluding ortho intramolecular Hbond substituents is 1. The minimum absolute atomic E-state index is 0.0501. The third-order valence-corrected chi connectivity index (χ3v) is 3.44. The van der Waals surface area contributed by atoms with Crippen LogP contribution in [0.1, 0.15) is 5.56 Å². The molecule has 20 heavy (non-hydrogen) atoms. The molecule has 0 spiro atoms. The molecule has 0 aliphatic heterocycles. The predicted molar refractivity (Wildman–Crippen MR) is 75.5 cm³/mol. The van der Waals surface area contributed by atoms with Crippen molar-refractivity contribution in [2.24, 2.45) is 0 Å². The van der Waals surface area contributed by atoms with E-state index in [1.807, 2.05) is 0 Å². The van der Waals surface area contributed by atoms with Crippen LogP contribution in [0, 0.1) is 0 Å². The number of aromatic hydroxyl groups is 1. The van der Waals surface area contributed by atoms with Gasteiger partial charge in [0, 0.05) is 15.2 Å². The van der Waals surface area contributed by atoms with Gasteiger partial charge in [-0.05, 0) is 36.4 Å². The summed E-state index contributed by atoms with van der Waals surface area (Å²) >= 11 is 8.63. The van der Waals surface area contributed by atoms with Crippen LogP contribution >= 0.6 is 27.5 Å². The largest absolute Gasteiger partial charge is 0.506 e. The molecule has 0 saturated heterocycles. The summed E-state index contributed by atoms with van der Waals surface area (Å²) in [7, 11) is 0. The Bertz CT molecular complexity index is 646. The molecule has 0 aliphatic rings. The Morgan fingerprint density at radius 2 is 1.80 bits per heavy atom. The van der Waals surface area contributed by atoms with Crippen LogP contribution in [0.3, 0.4) is 0 Å². The molecule has 7 heteroatoms. The summed E-state index contributed by atoms with van der Waals surface area (Å²) in [6.45, 7) is 0. The molecule has 106 valence electrons. The number of halogens is 5. The van der Waals surface area contributed by atoms with E-state index in [4.69, 9.17) is 11.6 Å². The smallest absolute Gasteiger partial charge is 0.417 e. The standard InChI is InChI=1S/C13H8BrClF3NO/c14-10-3-2-8(6-9(10)13(16,17)18)19-11-5-7(15)1-4-12(11)20/h1-6,19-20H. The molecular weight excluding hydrogens is 358 g/mol. The van der Waals surface area contributed by atoms with Crippen molar-refractivity contribution in [2.75, 3.05) is 5.32 Å². The second-order valence-corrected chi connectivity index (χ2v) is 5.27. The molecule has 0 atom stereocenters. The van der Waals surface area contributed by atoms with E-state index < -0.39 is 11.7 Å². The molecular formula is C13H8BrClF3NO. The fourth-order valence-electron chi connectivity index (χ4n) is 1.58. The van der Waals surface area contributed by atoms with Crippen molar-refractivity contribution in [1.82, 2.24) is 0 Å². The van der Waals surface area contributed by atoms with Crippen molar-refractivity contribution in [1.29, 1.82) is 0 Å². The zero-order valence-corrected chi connectivity index (χ0v) is 12.1. The number of hydrogen-bond acceptors (Lipinski definition) is 2. The average molecular weight is 367 g/mol.